The maximum absolute atomic E-state index is 12.1. The van der Waals surface area contributed by atoms with Crippen molar-refractivity contribution >= 4 is 38.4 Å². The number of nitrogens with one attached hydrogen (secondary N) is 1. The highest BCUT2D eigenvalue weighted by Gasteiger charge is 2.13. The summed E-state index contributed by atoms with van der Waals surface area (Å²) < 4.78 is 5.77. The molecule has 0 aliphatic heterocycles. The molecule has 1 N–H and O–H groups in total. The second kappa shape index (κ2) is 5.09. The smallest absolute Gasteiger partial charge is 0.291 e. The van der Waals surface area contributed by atoms with Gasteiger partial charge in [-0.3, -0.25) is 9.78 Å². The monoisotopic (exact) mass is 330 g/mol. The largest absolute Gasteiger partial charge is 0.444 e. The van der Waals surface area contributed by atoms with Crippen LogP contribution in [-0.4, -0.2) is 10.9 Å². The molecule has 100 valence electrons. The number of aryl methyl sites for hydroxylation is 1. The third-order valence-corrected chi connectivity index (χ3v) is 3.32. The zero-order chi connectivity index (χ0) is 14.1. The Morgan fingerprint density at radius 3 is 2.90 bits per heavy atom. The molecule has 20 heavy (non-hydrogen) atoms. The highest BCUT2D eigenvalue weighted by Crippen LogP contribution is 2.24. The Morgan fingerprint density at radius 2 is 2.15 bits per heavy atom. The minimum Gasteiger partial charge on any atom is -0.444 e. The summed E-state index contributed by atoms with van der Waals surface area (Å²) in [5, 5.41) is 3.83. The van der Waals surface area contributed by atoms with Crippen molar-refractivity contribution in [1.82, 2.24) is 4.98 Å². The lowest BCUT2D eigenvalue weighted by Gasteiger charge is -2.08. The summed E-state index contributed by atoms with van der Waals surface area (Å²) in [4.78, 5) is 16.4. The topological polar surface area (TPSA) is 55.1 Å². The van der Waals surface area contributed by atoms with Gasteiger partial charge in [-0.15, -0.1) is 0 Å². The molecule has 0 atom stereocenters. The summed E-state index contributed by atoms with van der Waals surface area (Å²) in [5.41, 5.74) is 2.50. The lowest BCUT2D eigenvalue weighted by Crippen LogP contribution is -2.11. The predicted octanol–water partition coefficient (Wildman–Crippen LogP) is 4.15. The van der Waals surface area contributed by atoms with Gasteiger partial charge in [-0.1, -0.05) is 6.07 Å². The Hall–Kier alpha value is -2.14. The molecule has 0 radical (unpaired) electrons. The van der Waals surface area contributed by atoms with Crippen LogP contribution in [0.1, 0.15) is 16.1 Å². The van der Waals surface area contributed by atoms with Crippen LogP contribution in [0.5, 0.6) is 0 Å². The van der Waals surface area contributed by atoms with E-state index in [9.17, 15) is 4.79 Å². The molecule has 0 unspecified atom stereocenters. The van der Waals surface area contributed by atoms with Crippen molar-refractivity contribution in [2.24, 2.45) is 0 Å². The molecule has 5 heteroatoms. The molecule has 2 heterocycles. The number of hydrogen-bond acceptors (Lipinski definition) is 3. The van der Waals surface area contributed by atoms with Gasteiger partial charge in [0.2, 0.25) is 0 Å². The number of carbonyl (C=O) groups is 1. The van der Waals surface area contributed by atoms with E-state index in [1.54, 1.807) is 18.3 Å². The van der Waals surface area contributed by atoms with Crippen LogP contribution in [-0.2, 0) is 0 Å². The predicted molar refractivity (Wildman–Crippen MR) is 80.8 cm³/mol. The van der Waals surface area contributed by atoms with E-state index in [0.29, 0.717) is 10.4 Å². The number of amides is 1. The zero-order valence-electron chi connectivity index (χ0n) is 10.7. The van der Waals surface area contributed by atoms with Gasteiger partial charge in [-0.25, -0.2) is 0 Å². The van der Waals surface area contributed by atoms with Gasteiger partial charge in [0.1, 0.15) is 0 Å². The van der Waals surface area contributed by atoms with E-state index in [1.807, 2.05) is 31.2 Å². The first-order valence-electron chi connectivity index (χ1n) is 6.05. The SMILES string of the molecule is Cc1cc(NC(=O)c2ccc(Br)o2)c2ncccc2c1. The summed E-state index contributed by atoms with van der Waals surface area (Å²) in [6, 6.07) is 11.1. The fourth-order valence-electron chi connectivity index (χ4n) is 2.06. The molecule has 3 rings (SSSR count). The number of anilines is 1. The number of hydrogen-bond donors (Lipinski definition) is 1. The van der Waals surface area contributed by atoms with Crippen molar-refractivity contribution < 1.29 is 9.21 Å². The number of pyridine rings is 1. The van der Waals surface area contributed by atoms with E-state index in [2.05, 4.69) is 26.2 Å². The second-order valence-corrected chi connectivity index (χ2v) is 5.23. The highest BCUT2D eigenvalue weighted by atomic mass is 79.9. The minimum atomic E-state index is -0.298. The van der Waals surface area contributed by atoms with Crippen LogP contribution in [0, 0.1) is 6.92 Å². The number of halogens is 1. The van der Waals surface area contributed by atoms with E-state index in [4.69, 9.17) is 4.42 Å². The molecule has 0 spiro atoms. The van der Waals surface area contributed by atoms with Crippen LogP contribution in [0.3, 0.4) is 0 Å². The Labute approximate surface area is 123 Å². The van der Waals surface area contributed by atoms with Crippen molar-refractivity contribution in [3.8, 4) is 0 Å². The van der Waals surface area contributed by atoms with E-state index >= 15 is 0 Å². The third-order valence-electron chi connectivity index (χ3n) is 2.89. The maximum Gasteiger partial charge on any atom is 0.291 e. The van der Waals surface area contributed by atoms with Crippen molar-refractivity contribution in [3.05, 3.63) is 58.6 Å². The van der Waals surface area contributed by atoms with E-state index in [-0.39, 0.29) is 11.7 Å². The van der Waals surface area contributed by atoms with Gasteiger partial charge < -0.3 is 9.73 Å². The lowest BCUT2D eigenvalue weighted by molar-refractivity contribution is 0.0995. The van der Waals surface area contributed by atoms with Gasteiger partial charge in [0.15, 0.2) is 10.4 Å². The van der Waals surface area contributed by atoms with Crippen molar-refractivity contribution in [1.29, 1.82) is 0 Å². The standard InChI is InChI=1S/C15H11BrN2O2/c1-9-7-10-3-2-6-17-14(10)11(8-9)18-15(19)12-4-5-13(16)20-12/h2-8H,1H3,(H,18,19). The van der Waals surface area contributed by atoms with Gasteiger partial charge >= 0.3 is 0 Å². The number of nitrogens with zero attached hydrogens (tertiary/aromatic N) is 1. The molecular weight excluding hydrogens is 320 g/mol. The van der Waals surface area contributed by atoms with Crippen molar-refractivity contribution in [3.63, 3.8) is 0 Å². The van der Waals surface area contributed by atoms with Crippen LogP contribution >= 0.6 is 15.9 Å². The summed E-state index contributed by atoms with van der Waals surface area (Å²) in [6.07, 6.45) is 1.71. The lowest BCUT2D eigenvalue weighted by atomic mass is 10.1. The van der Waals surface area contributed by atoms with E-state index < -0.39 is 0 Å². The van der Waals surface area contributed by atoms with Crippen molar-refractivity contribution in [2.75, 3.05) is 5.32 Å². The van der Waals surface area contributed by atoms with Crippen LogP contribution in [0.4, 0.5) is 5.69 Å². The quantitative estimate of drug-likeness (QED) is 0.767. The molecule has 0 saturated carbocycles. The molecule has 0 fully saturated rings. The van der Waals surface area contributed by atoms with Gasteiger partial charge in [-0.2, -0.15) is 0 Å². The molecule has 0 saturated heterocycles. The summed E-state index contributed by atoms with van der Waals surface area (Å²) >= 11 is 3.18. The van der Waals surface area contributed by atoms with Gasteiger partial charge in [0.25, 0.3) is 5.91 Å². The molecule has 1 aromatic carbocycles. The average Bonchev–Trinajstić information content (AvgIpc) is 2.85. The fourth-order valence-corrected chi connectivity index (χ4v) is 2.36. The number of furan rings is 1. The minimum absolute atomic E-state index is 0.252. The number of carbonyl (C=O) groups excluding carboxylic acids is 1. The van der Waals surface area contributed by atoms with Gasteiger partial charge in [0, 0.05) is 11.6 Å². The maximum atomic E-state index is 12.1. The molecule has 4 nitrogen and oxygen atoms in total. The summed E-state index contributed by atoms with van der Waals surface area (Å²) in [7, 11) is 0. The molecule has 2 aromatic heterocycles. The average molecular weight is 331 g/mol. The Morgan fingerprint density at radius 1 is 1.30 bits per heavy atom. The van der Waals surface area contributed by atoms with Crippen molar-refractivity contribution in [2.45, 2.75) is 6.92 Å². The van der Waals surface area contributed by atoms with E-state index in [0.717, 1.165) is 16.5 Å². The zero-order valence-corrected chi connectivity index (χ0v) is 12.3. The molecule has 1 amide bonds. The van der Waals surface area contributed by atoms with Gasteiger partial charge in [0.05, 0.1) is 11.2 Å². The Bertz CT molecular complexity index is 795. The van der Waals surface area contributed by atoms with Crippen LogP contribution in [0.15, 0.2) is 51.7 Å². The Balaban J connectivity index is 2.00. The first kappa shape index (κ1) is 12.9. The molecule has 3 aromatic rings. The molecule has 0 aliphatic rings. The highest BCUT2D eigenvalue weighted by molar-refractivity contribution is 9.10. The third kappa shape index (κ3) is 2.44. The number of fused-ring (bicyclic) bond motifs is 1. The first-order valence-corrected chi connectivity index (χ1v) is 6.85. The number of rotatable bonds is 2. The van der Waals surface area contributed by atoms with Crippen LogP contribution in [0.2, 0.25) is 0 Å². The second-order valence-electron chi connectivity index (χ2n) is 4.45. The molecule has 0 bridgehead atoms. The normalized spacial score (nSPS) is 10.7. The first-order chi connectivity index (χ1) is 9.63. The molecule has 0 aliphatic carbocycles. The van der Waals surface area contributed by atoms with E-state index in [1.165, 1.54) is 0 Å². The summed E-state index contributed by atoms with van der Waals surface area (Å²) in [6.45, 7) is 1.98. The fraction of sp³-hybridized carbons (Fsp3) is 0.0667. The Kier molecular flexibility index (Phi) is 3.28. The summed E-state index contributed by atoms with van der Waals surface area (Å²) in [5.74, 6) is -0.0456. The number of aromatic nitrogens is 1. The number of benzene rings is 1. The van der Waals surface area contributed by atoms with Crippen LogP contribution in [0.25, 0.3) is 10.9 Å². The van der Waals surface area contributed by atoms with Gasteiger partial charge in [-0.05, 0) is 58.7 Å². The molecular formula is C15H11BrN2O2. The van der Waals surface area contributed by atoms with Crippen LogP contribution < -0.4 is 5.32 Å².